The van der Waals surface area contributed by atoms with Crippen molar-refractivity contribution in [2.75, 3.05) is 11.9 Å². The summed E-state index contributed by atoms with van der Waals surface area (Å²) in [6.45, 7) is 0.968. The van der Waals surface area contributed by atoms with Crippen molar-refractivity contribution < 1.29 is 4.39 Å². The van der Waals surface area contributed by atoms with Gasteiger partial charge < -0.3 is 10.2 Å². The van der Waals surface area contributed by atoms with E-state index in [0.717, 1.165) is 25.1 Å². The lowest BCUT2D eigenvalue weighted by Gasteiger charge is -2.27. The molecule has 1 aliphatic rings. The quantitative estimate of drug-likeness (QED) is 0.827. The summed E-state index contributed by atoms with van der Waals surface area (Å²) in [4.78, 5) is 3.58. The number of hydrogen-bond donors (Lipinski definition) is 1. The highest BCUT2D eigenvalue weighted by molar-refractivity contribution is 7.80. The summed E-state index contributed by atoms with van der Waals surface area (Å²) in [5.41, 5.74) is 0.827. The molecule has 0 amide bonds. The largest absolute Gasteiger partial charge is 0.341 e. The summed E-state index contributed by atoms with van der Waals surface area (Å²) in [5.74, 6) is -0.237. The standard InChI is InChI=1S/C15H15FN2S2/c16-11-5-7-12(8-6-11)17-15(19)18-9-1-3-13(18)14-4-2-10-20-14/h2,4-8,10,13H,1,3,9H2,(H,17,19)/t13-/m0/s1. The van der Waals surface area contributed by atoms with Crippen LogP contribution in [0.3, 0.4) is 0 Å². The molecular formula is C15H15FN2S2. The molecular weight excluding hydrogens is 291 g/mol. The topological polar surface area (TPSA) is 15.3 Å². The van der Waals surface area contributed by atoms with Crippen molar-refractivity contribution in [2.24, 2.45) is 0 Å². The minimum atomic E-state index is -0.237. The van der Waals surface area contributed by atoms with E-state index >= 15 is 0 Å². The van der Waals surface area contributed by atoms with Crippen molar-refractivity contribution >= 4 is 34.4 Å². The molecule has 3 rings (SSSR count). The molecule has 1 aromatic carbocycles. The fraction of sp³-hybridized carbons (Fsp3) is 0.267. The van der Waals surface area contributed by atoms with E-state index in [9.17, 15) is 4.39 Å². The maximum Gasteiger partial charge on any atom is 0.173 e. The number of likely N-dealkylation sites (tertiary alicyclic amines) is 1. The normalized spacial score (nSPS) is 18.2. The molecule has 0 aliphatic carbocycles. The fourth-order valence-electron chi connectivity index (χ4n) is 2.51. The summed E-state index contributed by atoms with van der Waals surface area (Å²) in [6.07, 6.45) is 2.28. The molecule has 0 spiro atoms. The predicted octanol–water partition coefficient (Wildman–Crippen LogP) is 4.42. The van der Waals surface area contributed by atoms with Crippen LogP contribution in [0.15, 0.2) is 41.8 Å². The third-order valence-corrected chi connectivity index (χ3v) is 4.79. The first kappa shape index (κ1) is 13.5. The monoisotopic (exact) mass is 306 g/mol. The highest BCUT2D eigenvalue weighted by Crippen LogP contribution is 2.34. The van der Waals surface area contributed by atoms with Gasteiger partial charge in [-0.05, 0) is 60.8 Å². The van der Waals surface area contributed by atoms with Gasteiger partial charge >= 0.3 is 0 Å². The second-order valence-electron chi connectivity index (χ2n) is 4.80. The number of thiocarbonyl (C=S) groups is 1. The summed E-state index contributed by atoms with van der Waals surface area (Å²) < 4.78 is 12.9. The molecule has 104 valence electrons. The SMILES string of the molecule is Fc1ccc(NC(=S)N2CCC[C@H]2c2cccs2)cc1. The molecule has 1 atom stereocenters. The van der Waals surface area contributed by atoms with Gasteiger partial charge in [0.15, 0.2) is 5.11 Å². The number of halogens is 1. The number of benzene rings is 1. The Balaban J connectivity index is 1.71. The first-order valence-electron chi connectivity index (χ1n) is 6.60. The van der Waals surface area contributed by atoms with E-state index in [0.29, 0.717) is 11.2 Å². The molecule has 1 saturated heterocycles. The minimum Gasteiger partial charge on any atom is -0.341 e. The number of hydrogen-bond acceptors (Lipinski definition) is 2. The van der Waals surface area contributed by atoms with Crippen molar-refractivity contribution in [2.45, 2.75) is 18.9 Å². The number of nitrogens with zero attached hydrogens (tertiary/aromatic N) is 1. The Kier molecular flexibility index (Phi) is 3.98. The van der Waals surface area contributed by atoms with Crippen LogP contribution < -0.4 is 5.32 Å². The second kappa shape index (κ2) is 5.89. The summed E-state index contributed by atoms with van der Waals surface area (Å²) >= 11 is 7.28. The maximum absolute atomic E-state index is 12.9. The average Bonchev–Trinajstić information content (AvgIpc) is 3.11. The number of thiophene rings is 1. The van der Waals surface area contributed by atoms with Gasteiger partial charge in [0.05, 0.1) is 6.04 Å². The molecule has 0 radical (unpaired) electrons. The van der Waals surface area contributed by atoms with E-state index in [4.69, 9.17) is 12.2 Å². The molecule has 5 heteroatoms. The number of anilines is 1. The Bertz CT molecular complexity index is 580. The highest BCUT2D eigenvalue weighted by atomic mass is 32.1. The van der Waals surface area contributed by atoms with Crippen molar-refractivity contribution in [3.63, 3.8) is 0 Å². The Hall–Kier alpha value is -1.46. The van der Waals surface area contributed by atoms with E-state index in [-0.39, 0.29) is 5.82 Å². The fourth-order valence-corrected chi connectivity index (χ4v) is 3.72. The van der Waals surface area contributed by atoms with Gasteiger partial charge in [0.1, 0.15) is 5.82 Å². The van der Waals surface area contributed by atoms with Crippen molar-refractivity contribution in [3.05, 3.63) is 52.5 Å². The smallest absolute Gasteiger partial charge is 0.173 e. The van der Waals surface area contributed by atoms with Crippen LogP contribution >= 0.6 is 23.6 Å². The van der Waals surface area contributed by atoms with Gasteiger partial charge in [-0.1, -0.05) is 6.07 Å². The Labute approximate surface area is 127 Å². The molecule has 1 aromatic heterocycles. The third kappa shape index (κ3) is 2.83. The van der Waals surface area contributed by atoms with Crippen LogP contribution in [0.2, 0.25) is 0 Å². The maximum atomic E-state index is 12.9. The lowest BCUT2D eigenvalue weighted by molar-refractivity contribution is 0.412. The molecule has 1 aliphatic heterocycles. The molecule has 0 saturated carbocycles. The molecule has 2 heterocycles. The van der Waals surface area contributed by atoms with E-state index in [1.165, 1.54) is 17.0 Å². The number of rotatable bonds is 2. The summed E-state index contributed by atoms with van der Waals surface area (Å²) in [5, 5.41) is 6.01. The van der Waals surface area contributed by atoms with Gasteiger partial charge in [0.2, 0.25) is 0 Å². The predicted molar refractivity (Wildman–Crippen MR) is 85.6 cm³/mol. The molecule has 1 fully saturated rings. The van der Waals surface area contributed by atoms with Crippen molar-refractivity contribution in [3.8, 4) is 0 Å². The Morgan fingerprint density at radius 2 is 2.10 bits per heavy atom. The van der Waals surface area contributed by atoms with E-state index < -0.39 is 0 Å². The first-order chi connectivity index (χ1) is 9.74. The van der Waals surface area contributed by atoms with Gasteiger partial charge in [-0.15, -0.1) is 11.3 Å². The summed E-state index contributed by atoms with van der Waals surface area (Å²) in [7, 11) is 0. The van der Waals surface area contributed by atoms with Crippen LogP contribution in [0.4, 0.5) is 10.1 Å². The third-order valence-electron chi connectivity index (χ3n) is 3.48. The van der Waals surface area contributed by atoms with Gasteiger partial charge in [-0.3, -0.25) is 0 Å². The van der Waals surface area contributed by atoms with E-state index in [1.54, 1.807) is 23.5 Å². The van der Waals surface area contributed by atoms with Crippen LogP contribution in [-0.4, -0.2) is 16.6 Å². The average molecular weight is 306 g/mol. The Morgan fingerprint density at radius 1 is 1.30 bits per heavy atom. The summed E-state index contributed by atoms with van der Waals surface area (Å²) in [6, 6.07) is 10.9. The molecule has 1 N–H and O–H groups in total. The van der Waals surface area contributed by atoms with Gasteiger partial charge in [0, 0.05) is 17.1 Å². The molecule has 2 nitrogen and oxygen atoms in total. The van der Waals surface area contributed by atoms with E-state index in [1.807, 2.05) is 0 Å². The van der Waals surface area contributed by atoms with Gasteiger partial charge in [-0.2, -0.15) is 0 Å². The highest BCUT2D eigenvalue weighted by Gasteiger charge is 2.28. The molecule has 20 heavy (non-hydrogen) atoms. The van der Waals surface area contributed by atoms with Crippen LogP contribution in [0.5, 0.6) is 0 Å². The number of nitrogens with one attached hydrogen (secondary N) is 1. The van der Waals surface area contributed by atoms with E-state index in [2.05, 4.69) is 27.7 Å². The molecule has 0 unspecified atom stereocenters. The zero-order valence-electron chi connectivity index (χ0n) is 10.9. The zero-order valence-corrected chi connectivity index (χ0v) is 12.5. The lowest BCUT2D eigenvalue weighted by atomic mass is 10.2. The Morgan fingerprint density at radius 3 is 2.80 bits per heavy atom. The molecule has 2 aromatic rings. The van der Waals surface area contributed by atoms with Crippen LogP contribution in [0.1, 0.15) is 23.8 Å². The van der Waals surface area contributed by atoms with Crippen molar-refractivity contribution in [1.29, 1.82) is 0 Å². The van der Waals surface area contributed by atoms with Crippen LogP contribution in [-0.2, 0) is 0 Å². The minimum absolute atomic E-state index is 0.237. The van der Waals surface area contributed by atoms with Gasteiger partial charge in [0.25, 0.3) is 0 Å². The zero-order chi connectivity index (χ0) is 13.9. The van der Waals surface area contributed by atoms with Crippen LogP contribution in [0.25, 0.3) is 0 Å². The van der Waals surface area contributed by atoms with Gasteiger partial charge in [-0.25, -0.2) is 4.39 Å². The van der Waals surface area contributed by atoms with Crippen molar-refractivity contribution in [1.82, 2.24) is 4.90 Å². The lowest BCUT2D eigenvalue weighted by Crippen LogP contribution is -2.33. The second-order valence-corrected chi connectivity index (χ2v) is 6.17. The van der Waals surface area contributed by atoms with Crippen LogP contribution in [0, 0.1) is 5.82 Å². The molecule has 0 bridgehead atoms. The first-order valence-corrected chi connectivity index (χ1v) is 7.89.